The highest BCUT2D eigenvalue weighted by Crippen LogP contribution is 2.16. The molecule has 0 radical (unpaired) electrons. The van der Waals surface area contributed by atoms with Crippen molar-refractivity contribution in [2.24, 2.45) is 5.92 Å². The average Bonchev–Trinajstić information content (AvgIpc) is 2.97. The van der Waals surface area contributed by atoms with E-state index >= 15 is 0 Å². The summed E-state index contributed by atoms with van der Waals surface area (Å²) in [4.78, 5) is 6.62. The third-order valence-electron chi connectivity index (χ3n) is 3.77. The van der Waals surface area contributed by atoms with Crippen molar-refractivity contribution in [2.45, 2.75) is 39.3 Å². The summed E-state index contributed by atoms with van der Waals surface area (Å²) in [5.74, 6) is 0.679. The van der Waals surface area contributed by atoms with Crippen LogP contribution in [0.1, 0.15) is 32.3 Å². The summed E-state index contributed by atoms with van der Waals surface area (Å²) in [6.45, 7) is 10.0. The first-order valence-corrected chi connectivity index (χ1v) is 8.04. The van der Waals surface area contributed by atoms with E-state index in [0.29, 0.717) is 12.0 Å². The van der Waals surface area contributed by atoms with Crippen LogP contribution in [0.5, 0.6) is 0 Å². The number of pyridine rings is 1. The van der Waals surface area contributed by atoms with Crippen molar-refractivity contribution in [3.8, 4) is 0 Å². The van der Waals surface area contributed by atoms with Crippen LogP contribution in [-0.4, -0.2) is 48.9 Å². The number of hydrogen-bond acceptors (Lipinski definition) is 4. The highest BCUT2D eigenvalue weighted by Gasteiger charge is 2.19. The molecule has 1 fully saturated rings. The number of hydrogen-bond donors (Lipinski definition) is 0. The number of aromatic nitrogens is 1. The van der Waals surface area contributed by atoms with Gasteiger partial charge in [-0.15, -0.1) is 12.4 Å². The third-order valence-corrected chi connectivity index (χ3v) is 3.77. The molecule has 22 heavy (non-hydrogen) atoms. The Hall–Kier alpha value is -0.680. The summed E-state index contributed by atoms with van der Waals surface area (Å²) < 4.78 is 11.2. The molecule has 0 bridgehead atoms. The van der Waals surface area contributed by atoms with Gasteiger partial charge in [0.2, 0.25) is 0 Å². The van der Waals surface area contributed by atoms with E-state index in [9.17, 15) is 0 Å². The van der Waals surface area contributed by atoms with E-state index in [0.717, 1.165) is 45.9 Å². The molecule has 0 aliphatic carbocycles. The van der Waals surface area contributed by atoms with Gasteiger partial charge >= 0.3 is 0 Å². The number of halogens is 1. The highest BCUT2D eigenvalue weighted by atomic mass is 35.5. The molecule has 5 heteroatoms. The van der Waals surface area contributed by atoms with Crippen molar-refractivity contribution in [3.63, 3.8) is 0 Å². The average molecular weight is 329 g/mol. The molecule has 1 aromatic rings. The summed E-state index contributed by atoms with van der Waals surface area (Å²) in [7, 11) is 0. The lowest BCUT2D eigenvalue weighted by atomic mass is 10.1. The summed E-state index contributed by atoms with van der Waals surface area (Å²) in [5, 5.41) is 0. The van der Waals surface area contributed by atoms with Gasteiger partial charge in [-0.25, -0.2) is 0 Å². The van der Waals surface area contributed by atoms with Crippen LogP contribution in [0, 0.1) is 5.92 Å². The van der Waals surface area contributed by atoms with E-state index < -0.39 is 0 Å². The quantitative estimate of drug-likeness (QED) is 0.652. The van der Waals surface area contributed by atoms with Gasteiger partial charge in [0.1, 0.15) is 0 Å². The van der Waals surface area contributed by atoms with Gasteiger partial charge in [0.25, 0.3) is 0 Å². The minimum Gasteiger partial charge on any atom is -0.381 e. The molecule has 2 rings (SSSR count). The van der Waals surface area contributed by atoms with Crippen LogP contribution in [0.2, 0.25) is 0 Å². The normalized spacial score (nSPS) is 17.9. The molecule has 0 amide bonds. The van der Waals surface area contributed by atoms with Crippen LogP contribution in [0.4, 0.5) is 0 Å². The summed E-state index contributed by atoms with van der Waals surface area (Å²) in [6.07, 6.45) is 6.33. The van der Waals surface area contributed by atoms with Crippen LogP contribution >= 0.6 is 12.4 Å². The molecule has 1 atom stereocenters. The van der Waals surface area contributed by atoms with Crippen molar-refractivity contribution in [1.29, 1.82) is 0 Å². The Morgan fingerprint density at radius 1 is 1.36 bits per heavy atom. The second-order valence-corrected chi connectivity index (χ2v) is 6.09. The smallest absolute Gasteiger partial charge is 0.0518 e. The summed E-state index contributed by atoms with van der Waals surface area (Å²) >= 11 is 0. The van der Waals surface area contributed by atoms with E-state index in [2.05, 4.69) is 35.9 Å². The topological polar surface area (TPSA) is 34.6 Å². The van der Waals surface area contributed by atoms with Crippen molar-refractivity contribution in [1.82, 2.24) is 9.88 Å². The minimum atomic E-state index is 0. The zero-order valence-corrected chi connectivity index (χ0v) is 14.6. The zero-order valence-electron chi connectivity index (χ0n) is 13.7. The molecular formula is C17H29ClN2O2. The molecule has 1 aromatic heterocycles. The van der Waals surface area contributed by atoms with Gasteiger partial charge in [-0.05, 0) is 50.3 Å². The van der Waals surface area contributed by atoms with Crippen molar-refractivity contribution >= 4 is 12.4 Å². The van der Waals surface area contributed by atoms with Gasteiger partial charge in [-0.3, -0.25) is 9.88 Å². The summed E-state index contributed by atoms with van der Waals surface area (Å²) in [6, 6.07) is 4.20. The van der Waals surface area contributed by atoms with Crippen molar-refractivity contribution in [3.05, 3.63) is 30.1 Å². The fourth-order valence-corrected chi connectivity index (χ4v) is 2.68. The van der Waals surface area contributed by atoms with Gasteiger partial charge in [-0.1, -0.05) is 0 Å². The largest absolute Gasteiger partial charge is 0.381 e. The molecule has 0 saturated carbocycles. The first-order chi connectivity index (χ1) is 10.2. The van der Waals surface area contributed by atoms with Crippen LogP contribution in [0.3, 0.4) is 0 Å². The number of nitrogens with zero attached hydrogens (tertiary/aromatic N) is 2. The maximum absolute atomic E-state index is 5.65. The van der Waals surface area contributed by atoms with Gasteiger partial charge in [0.15, 0.2) is 0 Å². The number of ether oxygens (including phenoxy) is 2. The predicted octanol–water partition coefficient (Wildman–Crippen LogP) is 3.16. The lowest BCUT2D eigenvalue weighted by Gasteiger charge is -2.25. The molecular weight excluding hydrogens is 300 g/mol. The predicted molar refractivity (Wildman–Crippen MR) is 91.4 cm³/mol. The molecule has 0 N–H and O–H groups in total. The molecule has 4 nitrogen and oxygen atoms in total. The second-order valence-electron chi connectivity index (χ2n) is 6.09. The van der Waals surface area contributed by atoms with Crippen molar-refractivity contribution < 1.29 is 9.47 Å². The van der Waals surface area contributed by atoms with Gasteiger partial charge in [0.05, 0.1) is 12.7 Å². The summed E-state index contributed by atoms with van der Waals surface area (Å²) in [5.41, 5.74) is 1.33. The van der Waals surface area contributed by atoms with E-state index in [4.69, 9.17) is 9.47 Å². The molecule has 0 aromatic carbocycles. The molecule has 1 aliphatic rings. The minimum absolute atomic E-state index is 0. The van der Waals surface area contributed by atoms with Crippen molar-refractivity contribution in [2.75, 3.05) is 32.9 Å². The highest BCUT2D eigenvalue weighted by molar-refractivity contribution is 5.85. The standard InChI is InChI=1S/C17H28N2O2.ClH/c1-15(2)21-10-3-9-19(13-17-6-11-20-14-17)12-16-4-7-18-8-5-16;/h4-5,7-8,15,17H,3,6,9-14H2,1-2H3;1H. The Labute approximate surface area is 140 Å². The Kier molecular flexibility index (Phi) is 9.64. The lowest BCUT2D eigenvalue weighted by Crippen LogP contribution is -2.31. The third kappa shape index (κ3) is 7.54. The molecule has 1 aliphatic heterocycles. The first-order valence-electron chi connectivity index (χ1n) is 8.04. The maximum Gasteiger partial charge on any atom is 0.0518 e. The maximum atomic E-state index is 5.65. The van der Waals surface area contributed by atoms with Crippen LogP contribution in [0.25, 0.3) is 0 Å². The van der Waals surface area contributed by atoms with Gasteiger partial charge in [0, 0.05) is 45.2 Å². The molecule has 0 spiro atoms. The van der Waals surface area contributed by atoms with Gasteiger partial charge in [-0.2, -0.15) is 0 Å². The fourth-order valence-electron chi connectivity index (χ4n) is 2.68. The first kappa shape index (κ1) is 19.4. The zero-order chi connectivity index (χ0) is 14.9. The van der Waals surface area contributed by atoms with Gasteiger partial charge < -0.3 is 9.47 Å². The Balaban J connectivity index is 0.00000242. The SMILES string of the molecule is CC(C)OCCCN(Cc1ccncc1)CC1CCOC1.Cl. The van der Waals surface area contributed by atoms with E-state index in [1.807, 2.05) is 12.4 Å². The van der Waals surface area contributed by atoms with E-state index in [1.54, 1.807) is 0 Å². The monoisotopic (exact) mass is 328 g/mol. The molecule has 126 valence electrons. The Morgan fingerprint density at radius 2 is 2.14 bits per heavy atom. The van der Waals surface area contributed by atoms with E-state index in [-0.39, 0.29) is 12.4 Å². The number of rotatable bonds is 9. The molecule has 2 heterocycles. The Bertz CT molecular complexity index is 384. The molecule has 1 unspecified atom stereocenters. The second kappa shape index (κ2) is 10.9. The lowest BCUT2D eigenvalue weighted by molar-refractivity contribution is 0.0681. The molecule has 1 saturated heterocycles. The van der Waals surface area contributed by atoms with Crippen LogP contribution in [-0.2, 0) is 16.0 Å². The fraction of sp³-hybridized carbons (Fsp3) is 0.706. The van der Waals surface area contributed by atoms with Crippen LogP contribution in [0.15, 0.2) is 24.5 Å². The van der Waals surface area contributed by atoms with E-state index in [1.165, 1.54) is 12.0 Å². The Morgan fingerprint density at radius 3 is 2.77 bits per heavy atom. The van der Waals surface area contributed by atoms with Crippen LogP contribution < -0.4 is 0 Å².